The summed E-state index contributed by atoms with van der Waals surface area (Å²) >= 11 is 4.56. The molecule has 48 valence electrons. The summed E-state index contributed by atoms with van der Waals surface area (Å²) in [6.45, 7) is 0. The molecule has 1 rings (SSSR count). The van der Waals surface area contributed by atoms with Crippen molar-refractivity contribution < 1.29 is 3.07 Å². The van der Waals surface area contributed by atoms with E-state index < -0.39 is 21.2 Å². The molecule has 0 fully saturated rings. The number of hydrogen-bond donors (Lipinski definition) is 0. The van der Waals surface area contributed by atoms with Gasteiger partial charge >= 0.3 is 0 Å². The third-order valence-corrected chi connectivity index (χ3v) is 2.29. The van der Waals surface area contributed by atoms with E-state index in [9.17, 15) is 3.07 Å². The van der Waals surface area contributed by atoms with E-state index in [-0.39, 0.29) is 0 Å². The maximum absolute atomic E-state index is 10.3. The molecule has 0 aliphatic carbocycles. The minimum absolute atomic E-state index is 0.656. The fourth-order valence-corrected chi connectivity index (χ4v) is 1.70. The Morgan fingerprint density at radius 2 is 2.22 bits per heavy atom. The topological polar surface area (TPSA) is 17.1 Å². The Morgan fingerprint density at radius 3 is 2.67 bits per heavy atom. The van der Waals surface area contributed by atoms with E-state index in [0.29, 0.717) is 5.02 Å². The van der Waals surface area contributed by atoms with Crippen molar-refractivity contribution in [3.63, 3.8) is 0 Å². The molecule has 0 bridgehead atoms. The Kier molecular flexibility index (Phi) is 2.60. The van der Waals surface area contributed by atoms with Crippen LogP contribution in [0.5, 0.6) is 0 Å². The van der Waals surface area contributed by atoms with Crippen LogP contribution in [-0.4, -0.2) is 0 Å². The van der Waals surface area contributed by atoms with Crippen LogP contribution in [0, 0.1) is 3.57 Å². The zero-order chi connectivity index (χ0) is 6.69. The van der Waals surface area contributed by atoms with E-state index in [2.05, 4.69) is 0 Å². The second-order valence-electron chi connectivity index (χ2n) is 1.52. The predicted octanol–water partition coefficient (Wildman–Crippen LogP) is 2.83. The van der Waals surface area contributed by atoms with E-state index in [0.717, 1.165) is 3.57 Å². The van der Waals surface area contributed by atoms with Crippen molar-refractivity contribution in [2.24, 2.45) is 0 Å². The predicted molar refractivity (Wildman–Crippen MR) is 44.9 cm³/mol. The second-order valence-corrected chi connectivity index (χ2v) is 3.64. The third kappa shape index (κ3) is 2.02. The molecule has 0 saturated carbocycles. The molecule has 0 aromatic heterocycles. The van der Waals surface area contributed by atoms with Gasteiger partial charge in [0.2, 0.25) is 0 Å². The normalized spacial score (nSPS) is 9.44. The number of halogens is 2. The van der Waals surface area contributed by atoms with Gasteiger partial charge in [0.25, 0.3) is 0 Å². The molecular weight excluding hydrogens is 250 g/mol. The first-order chi connectivity index (χ1) is 4.33. The van der Waals surface area contributed by atoms with Crippen molar-refractivity contribution in [2.75, 3.05) is 0 Å². The lowest BCUT2D eigenvalue weighted by Gasteiger charge is -1.86. The van der Waals surface area contributed by atoms with Gasteiger partial charge in [0.05, 0.1) is 0 Å². The van der Waals surface area contributed by atoms with Crippen molar-refractivity contribution in [3.8, 4) is 0 Å². The lowest BCUT2D eigenvalue weighted by Crippen LogP contribution is -1.67. The molecule has 0 aliphatic rings. The summed E-state index contributed by atoms with van der Waals surface area (Å²) < 4.78 is 11.2. The first-order valence-electron chi connectivity index (χ1n) is 2.35. The van der Waals surface area contributed by atoms with Crippen LogP contribution in [0.2, 0.25) is 5.02 Å². The van der Waals surface area contributed by atoms with E-state index in [1.54, 1.807) is 18.2 Å². The minimum Gasteiger partial charge on any atom is -0.265 e. The van der Waals surface area contributed by atoms with Crippen LogP contribution in [0.3, 0.4) is 0 Å². The average Bonchev–Trinajstić information content (AvgIpc) is 1.88. The molecule has 0 heterocycles. The highest BCUT2D eigenvalue weighted by molar-refractivity contribution is 14.1. The van der Waals surface area contributed by atoms with Crippen LogP contribution in [0.15, 0.2) is 24.3 Å². The van der Waals surface area contributed by atoms with Crippen molar-refractivity contribution in [1.29, 1.82) is 0 Å². The van der Waals surface area contributed by atoms with E-state index in [1.165, 1.54) is 0 Å². The summed E-state index contributed by atoms with van der Waals surface area (Å²) in [6.07, 6.45) is 0. The first kappa shape index (κ1) is 7.15. The van der Waals surface area contributed by atoms with Gasteiger partial charge in [-0.25, -0.2) is 0 Å². The molecule has 0 N–H and O–H groups in total. The van der Waals surface area contributed by atoms with E-state index >= 15 is 0 Å². The fraction of sp³-hybridized carbons (Fsp3) is 0. The monoisotopic (exact) mass is 254 g/mol. The van der Waals surface area contributed by atoms with Crippen LogP contribution < -0.4 is 0 Å². The van der Waals surface area contributed by atoms with Crippen LogP contribution in [0.4, 0.5) is 0 Å². The Labute approximate surface area is 68.7 Å². The van der Waals surface area contributed by atoms with Crippen molar-refractivity contribution in [1.82, 2.24) is 0 Å². The summed E-state index contributed by atoms with van der Waals surface area (Å²) in [6, 6.07) is 7.10. The van der Waals surface area contributed by atoms with Gasteiger partial charge in [0.15, 0.2) is 21.2 Å². The molecular formula is C6H4ClIO. The van der Waals surface area contributed by atoms with Crippen LogP contribution in [0.1, 0.15) is 0 Å². The SMILES string of the molecule is O=Ic1cccc(Cl)c1. The van der Waals surface area contributed by atoms with Gasteiger partial charge in [-0.2, -0.15) is 0 Å². The number of hydrogen-bond acceptors (Lipinski definition) is 1. The maximum Gasteiger partial charge on any atom is 0.182 e. The van der Waals surface area contributed by atoms with Gasteiger partial charge < -0.3 is 0 Å². The quantitative estimate of drug-likeness (QED) is 0.704. The molecule has 3 heteroatoms. The van der Waals surface area contributed by atoms with Crippen LogP contribution in [-0.2, 0) is 3.07 Å². The standard InChI is InChI=1S/C6H4ClIO/c7-5-2-1-3-6(4-5)8-9/h1-4H. The molecule has 0 unspecified atom stereocenters. The zero-order valence-corrected chi connectivity index (χ0v) is 7.39. The minimum atomic E-state index is -1.04. The van der Waals surface area contributed by atoms with E-state index in [4.69, 9.17) is 11.6 Å². The highest BCUT2D eigenvalue weighted by atomic mass is 127. The highest BCUT2D eigenvalue weighted by Gasteiger charge is 1.89. The van der Waals surface area contributed by atoms with Crippen molar-refractivity contribution >= 4 is 32.8 Å². The summed E-state index contributed by atoms with van der Waals surface area (Å²) in [7, 11) is 0. The number of benzene rings is 1. The van der Waals surface area contributed by atoms with Crippen molar-refractivity contribution in [2.45, 2.75) is 0 Å². The molecule has 0 radical (unpaired) electrons. The summed E-state index contributed by atoms with van der Waals surface area (Å²) in [5.74, 6) is 0. The van der Waals surface area contributed by atoms with E-state index in [1.807, 2.05) is 6.07 Å². The van der Waals surface area contributed by atoms with Crippen molar-refractivity contribution in [3.05, 3.63) is 32.9 Å². The van der Waals surface area contributed by atoms with Crippen LogP contribution in [0.25, 0.3) is 0 Å². The smallest absolute Gasteiger partial charge is 0.182 e. The molecule has 0 amide bonds. The summed E-state index contributed by atoms with van der Waals surface area (Å²) in [4.78, 5) is 0. The molecule has 0 saturated heterocycles. The third-order valence-electron chi connectivity index (χ3n) is 0.876. The summed E-state index contributed by atoms with van der Waals surface area (Å²) in [5, 5.41) is 0.656. The van der Waals surface area contributed by atoms with Crippen LogP contribution >= 0.6 is 32.8 Å². The Morgan fingerprint density at radius 1 is 1.44 bits per heavy atom. The lowest BCUT2D eigenvalue weighted by molar-refractivity contribution is 0.648. The van der Waals surface area contributed by atoms with Gasteiger partial charge in [0.1, 0.15) is 0 Å². The number of rotatable bonds is 1. The first-order valence-corrected chi connectivity index (χ1v) is 4.69. The van der Waals surface area contributed by atoms with Gasteiger partial charge in [-0.3, -0.25) is 3.07 Å². The molecule has 9 heavy (non-hydrogen) atoms. The van der Waals surface area contributed by atoms with Gasteiger partial charge in [-0.1, -0.05) is 17.7 Å². The highest BCUT2D eigenvalue weighted by Crippen LogP contribution is 2.14. The Hall–Kier alpha value is 0.0400. The molecule has 1 nitrogen and oxygen atoms in total. The largest absolute Gasteiger partial charge is 0.265 e. The zero-order valence-electron chi connectivity index (χ0n) is 4.47. The molecule has 0 aliphatic heterocycles. The lowest BCUT2D eigenvalue weighted by atomic mass is 10.4. The van der Waals surface area contributed by atoms with Gasteiger partial charge in [0, 0.05) is 8.59 Å². The Balaban J connectivity index is 3.07. The average molecular weight is 254 g/mol. The van der Waals surface area contributed by atoms with Gasteiger partial charge in [-0.05, 0) is 18.2 Å². The molecule has 0 spiro atoms. The summed E-state index contributed by atoms with van der Waals surface area (Å²) in [5.41, 5.74) is 0. The fourth-order valence-electron chi connectivity index (χ4n) is 0.508. The molecule has 1 aromatic rings. The maximum atomic E-state index is 10.3. The van der Waals surface area contributed by atoms with Gasteiger partial charge in [-0.15, -0.1) is 0 Å². The molecule has 0 atom stereocenters. The Bertz CT molecular complexity index is 224. The molecule has 1 aromatic carbocycles. The second kappa shape index (κ2) is 3.27.